The highest BCUT2D eigenvalue weighted by molar-refractivity contribution is 4.87. The van der Waals surface area contributed by atoms with Crippen molar-refractivity contribution in [2.45, 2.75) is 80.6 Å². The van der Waals surface area contributed by atoms with Gasteiger partial charge in [0.2, 0.25) is 0 Å². The molecule has 0 spiro atoms. The average Bonchev–Trinajstić information content (AvgIpc) is 2.13. The van der Waals surface area contributed by atoms with Gasteiger partial charge in [-0.15, -0.1) is 0 Å². The van der Waals surface area contributed by atoms with Gasteiger partial charge in [0.1, 0.15) is 0 Å². The van der Waals surface area contributed by atoms with Gasteiger partial charge in [-0.25, -0.2) is 0 Å². The summed E-state index contributed by atoms with van der Waals surface area (Å²) in [5.74, 6) is 0.849. The van der Waals surface area contributed by atoms with Crippen molar-refractivity contribution in [3.63, 3.8) is 0 Å². The van der Waals surface area contributed by atoms with Crippen molar-refractivity contribution >= 4 is 0 Å². The summed E-state index contributed by atoms with van der Waals surface area (Å²) in [6.07, 6.45) is 6.75. The van der Waals surface area contributed by atoms with Gasteiger partial charge in [-0.05, 0) is 23.2 Å². The lowest BCUT2D eigenvalue weighted by atomic mass is 9.61. The average molecular weight is 212 g/mol. The highest BCUT2D eigenvalue weighted by atomic mass is 14.4. The lowest BCUT2D eigenvalue weighted by Gasteiger charge is -2.45. The van der Waals surface area contributed by atoms with Crippen LogP contribution in [0.4, 0.5) is 0 Å². The molecule has 0 nitrogen and oxygen atoms in total. The normalized spacial score (nSPS) is 18.6. The first-order chi connectivity index (χ1) is 6.81. The van der Waals surface area contributed by atoms with Crippen LogP contribution in [0.25, 0.3) is 0 Å². The largest absolute Gasteiger partial charge is 0.0654 e. The van der Waals surface area contributed by atoms with Crippen molar-refractivity contribution in [2.24, 2.45) is 16.7 Å². The first-order valence-electron chi connectivity index (χ1n) is 6.81. The summed E-state index contributed by atoms with van der Waals surface area (Å²) in [5, 5.41) is 0. The minimum absolute atomic E-state index is 0.452. The van der Waals surface area contributed by atoms with Gasteiger partial charge >= 0.3 is 0 Å². The Hall–Kier alpha value is 0. The summed E-state index contributed by atoms with van der Waals surface area (Å²) >= 11 is 0. The van der Waals surface area contributed by atoms with Crippen LogP contribution < -0.4 is 0 Å². The number of unbranched alkanes of at least 4 members (excludes halogenated alkanes) is 1. The van der Waals surface area contributed by atoms with Gasteiger partial charge in [-0.2, -0.15) is 0 Å². The fraction of sp³-hybridized carbons (Fsp3) is 1.00. The molecule has 0 aromatic rings. The Morgan fingerprint density at radius 3 is 1.73 bits per heavy atom. The maximum Gasteiger partial charge on any atom is -0.0295 e. The highest BCUT2D eigenvalue weighted by Crippen LogP contribution is 2.47. The van der Waals surface area contributed by atoms with E-state index in [-0.39, 0.29) is 0 Å². The van der Waals surface area contributed by atoms with E-state index < -0.39 is 0 Å². The molecule has 0 aliphatic carbocycles. The van der Waals surface area contributed by atoms with Crippen LogP contribution in [0.3, 0.4) is 0 Å². The second kappa shape index (κ2) is 5.92. The highest BCUT2D eigenvalue weighted by Gasteiger charge is 2.37. The summed E-state index contributed by atoms with van der Waals surface area (Å²) < 4.78 is 0. The third-order valence-corrected chi connectivity index (χ3v) is 4.20. The molecule has 0 aliphatic heterocycles. The molecule has 0 fully saturated rings. The van der Waals surface area contributed by atoms with Crippen molar-refractivity contribution in [1.29, 1.82) is 0 Å². The topological polar surface area (TPSA) is 0 Å². The van der Waals surface area contributed by atoms with E-state index in [4.69, 9.17) is 0 Å². The standard InChI is InChI=1S/C15H32/c1-8-11-12-15(7,10-3)13(9-2)14(4,5)6/h13H,8-12H2,1-7H3. The monoisotopic (exact) mass is 212 g/mol. The molecule has 15 heavy (non-hydrogen) atoms. The Morgan fingerprint density at radius 1 is 0.933 bits per heavy atom. The van der Waals surface area contributed by atoms with Crippen LogP contribution >= 0.6 is 0 Å². The molecule has 0 aromatic carbocycles. The molecule has 0 N–H and O–H groups in total. The zero-order chi connectivity index (χ0) is 12.1. The third kappa shape index (κ3) is 4.17. The summed E-state index contributed by atoms with van der Waals surface area (Å²) in [5.41, 5.74) is 0.996. The second-order valence-electron chi connectivity index (χ2n) is 6.44. The molecule has 2 atom stereocenters. The SMILES string of the molecule is CCCCC(C)(CC)C(CC)C(C)(C)C. The molecule has 0 heteroatoms. The Bertz CT molecular complexity index is 163. The van der Waals surface area contributed by atoms with Crippen molar-refractivity contribution in [1.82, 2.24) is 0 Å². The Labute approximate surface area is 97.8 Å². The Balaban J connectivity index is 4.72. The van der Waals surface area contributed by atoms with E-state index in [1.165, 1.54) is 32.1 Å². The zero-order valence-corrected chi connectivity index (χ0v) is 12.1. The van der Waals surface area contributed by atoms with Gasteiger partial charge in [0.05, 0.1) is 0 Å². The smallest absolute Gasteiger partial charge is 0.0295 e. The fourth-order valence-electron chi connectivity index (χ4n) is 3.33. The lowest BCUT2D eigenvalue weighted by Crippen LogP contribution is -2.36. The first kappa shape index (κ1) is 15.0. The maximum absolute atomic E-state index is 2.50. The van der Waals surface area contributed by atoms with E-state index in [9.17, 15) is 0 Å². The zero-order valence-electron chi connectivity index (χ0n) is 12.1. The molecule has 0 rings (SSSR count). The molecule has 0 saturated heterocycles. The van der Waals surface area contributed by atoms with Gasteiger partial charge in [0, 0.05) is 0 Å². The van der Waals surface area contributed by atoms with Crippen molar-refractivity contribution in [3.8, 4) is 0 Å². The molecule has 2 unspecified atom stereocenters. The third-order valence-electron chi connectivity index (χ3n) is 4.20. The minimum Gasteiger partial charge on any atom is -0.0654 e. The molecule has 92 valence electrons. The predicted molar refractivity (Wildman–Crippen MR) is 71.2 cm³/mol. The predicted octanol–water partition coefficient (Wildman–Crippen LogP) is 5.67. The summed E-state index contributed by atoms with van der Waals surface area (Å²) in [4.78, 5) is 0. The number of hydrogen-bond donors (Lipinski definition) is 0. The fourth-order valence-corrected chi connectivity index (χ4v) is 3.33. The van der Waals surface area contributed by atoms with Crippen LogP contribution in [0, 0.1) is 16.7 Å². The van der Waals surface area contributed by atoms with Gasteiger partial charge in [-0.3, -0.25) is 0 Å². The lowest BCUT2D eigenvalue weighted by molar-refractivity contribution is 0.0523. The minimum atomic E-state index is 0.452. The van der Waals surface area contributed by atoms with Gasteiger partial charge in [0.15, 0.2) is 0 Å². The Kier molecular flexibility index (Phi) is 5.92. The number of hydrogen-bond acceptors (Lipinski definition) is 0. The van der Waals surface area contributed by atoms with Gasteiger partial charge < -0.3 is 0 Å². The van der Waals surface area contributed by atoms with E-state index in [1.54, 1.807) is 0 Å². The molecule has 0 aromatic heterocycles. The van der Waals surface area contributed by atoms with Crippen LogP contribution in [-0.2, 0) is 0 Å². The molecule has 0 radical (unpaired) electrons. The molecule has 0 amide bonds. The van der Waals surface area contributed by atoms with Crippen LogP contribution in [0.5, 0.6) is 0 Å². The van der Waals surface area contributed by atoms with Crippen LogP contribution in [0.2, 0.25) is 0 Å². The van der Waals surface area contributed by atoms with Crippen molar-refractivity contribution in [2.75, 3.05) is 0 Å². The summed E-state index contributed by atoms with van der Waals surface area (Å²) in [6.45, 7) is 16.7. The molecular weight excluding hydrogens is 180 g/mol. The van der Waals surface area contributed by atoms with Crippen LogP contribution in [-0.4, -0.2) is 0 Å². The Morgan fingerprint density at radius 2 is 1.47 bits per heavy atom. The van der Waals surface area contributed by atoms with Gasteiger partial charge in [0.25, 0.3) is 0 Å². The van der Waals surface area contributed by atoms with E-state index in [0.29, 0.717) is 10.8 Å². The van der Waals surface area contributed by atoms with Crippen LogP contribution in [0.15, 0.2) is 0 Å². The molecule has 0 bridgehead atoms. The summed E-state index contributed by atoms with van der Waals surface area (Å²) in [7, 11) is 0. The number of rotatable bonds is 6. The van der Waals surface area contributed by atoms with E-state index >= 15 is 0 Å². The maximum atomic E-state index is 2.50. The first-order valence-corrected chi connectivity index (χ1v) is 6.81. The van der Waals surface area contributed by atoms with Crippen LogP contribution in [0.1, 0.15) is 80.6 Å². The molecule has 0 aliphatic rings. The van der Waals surface area contributed by atoms with Crippen molar-refractivity contribution < 1.29 is 0 Å². The second-order valence-corrected chi connectivity index (χ2v) is 6.44. The van der Waals surface area contributed by atoms with E-state index in [0.717, 1.165) is 5.92 Å². The van der Waals surface area contributed by atoms with Gasteiger partial charge in [-0.1, -0.05) is 74.1 Å². The van der Waals surface area contributed by atoms with Crippen molar-refractivity contribution in [3.05, 3.63) is 0 Å². The molecule has 0 saturated carbocycles. The quantitative estimate of drug-likeness (QED) is 0.532. The molecule has 0 heterocycles. The van der Waals surface area contributed by atoms with E-state index in [2.05, 4.69) is 48.5 Å². The van der Waals surface area contributed by atoms with E-state index in [1.807, 2.05) is 0 Å². The molecular formula is C15H32. The summed E-state index contributed by atoms with van der Waals surface area (Å²) in [6, 6.07) is 0.